The van der Waals surface area contributed by atoms with Crippen LogP contribution in [0.3, 0.4) is 0 Å². The van der Waals surface area contributed by atoms with Crippen LogP contribution in [-0.2, 0) is 0 Å². The van der Waals surface area contributed by atoms with Gasteiger partial charge in [-0.05, 0) is 36.8 Å². The van der Waals surface area contributed by atoms with Gasteiger partial charge in [-0.2, -0.15) is 9.61 Å². The first-order valence-electron chi connectivity index (χ1n) is 7.74. The van der Waals surface area contributed by atoms with E-state index >= 15 is 0 Å². The molecule has 0 unspecified atom stereocenters. The molecule has 0 aliphatic heterocycles. The van der Waals surface area contributed by atoms with E-state index in [2.05, 4.69) is 27.5 Å². The van der Waals surface area contributed by atoms with Crippen molar-refractivity contribution in [2.75, 3.05) is 11.1 Å². The minimum absolute atomic E-state index is 0.738. The second kappa shape index (κ2) is 5.70. The number of hydrogen-bond acceptors (Lipinski definition) is 4. The summed E-state index contributed by atoms with van der Waals surface area (Å²) in [6.45, 7) is 1.98. The molecule has 0 amide bonds. The van der Waals surface area contributed by atoms with E-state index in [9.17, 15) is 0 Å². The number of aryl methyl sites for hydroxylation is 1. The quantitative estimate of drug-likeness (QED) is 0.560. The van der Waals surface area contributed by atoms with Crippen molar-refractivity contribution in [3.05, 3.63) is 72.6 Å². The average molecular weight is 315 g/mol. The number of benzene rings is 2. The van der Waals surface area contributed by atoms with Gasteiger partial charge in [0.15, 0.2) is 5.65 Å². The van der Waals surface area contributed by atoms with Gasteiger partial charge in [0.25, 0.3) is 0 Å². The number of anilines is 3. The molecule has 0 spiro atoms. The summed E-state index contributed by atoms with van der Waals surface area (Å²) in [5, 5.41) is 7.90. The van der Waals surface area contributed by atoms with Crippen molar-refractivity contribution in [3.63, 3.8) is 0 Å². The highest BCUT2D eigenvalue weighted by Crippen LogP contribution is 2.26. The minimum atomic E-state index is 0.738. The van der Waals surface area contributed by atoms with Crippen molar-refractivity contribution in [2.24, 2.45) is 0 Å². The molecule has 0 bridgehead atoms. The Balaban J connectivity index is 1.82. The topological polar surface area (TPSA) is 68.2 Å². The van der Waals surface area contributed by atoms with Crippen LogP contribution in [0.5, 0.6) is 0 Å². The lowest BCUT2D eigenvalue weighted by Crippen LogP contribution is -2.02. The maximum absolute atomic E-state index is 5.75. The van der Waals surface area contributed by atoms with E-state index in [4.69, 9.17) is 5.73 Å². The van der Waals surface area contributed by atoms with E-state index in [1.165, 1.54) is 0 Å². The molecule has 0 aliphatic carbocycles. The molecule has 4 aromatic rings. The van der Waals surface area contributed by atoms with Crippen molar-refractivity contribution in [1.29, 1.82) is 0 Å². The summed E-state index contributed by atoms with van der Waals surface area (Å²) in [5.41, 5.74) is 11.3. The van der Waals surface area contributed by atoms with Gasteiger partial charge in [-0.25, -0.2) is 4.98 Å². The highest BCUT2D eigenvalue weighted by Gasteiger charge is 2.12. The molecule has 2 aromatic carbocycles. The molecule has 2 aromatic heterocycles. The number of aromatic nitrogens is 3. The fourth-order valence-electron chi connectivity index (χ4n) is 2.71. The Morgan fingerprint density at radius 1 is 1.00 bits per heavy atom. The van der Waals surface area contributed by atoms with E-state index in [-0.39, 0.29) is 0 Å². The van der Waals surface area contributed by atoms with Gasteiger partial charge in [-0.1, -0.05) is 30.3 Å². The molecular weight excluding hydrogens is 298 g/mol. The Morgan fingerprint density at radius 2 is 1.75 bits per heavy atom. The number of nitrogens with two attached hydrogens (primary N) is 1. The smallest absolute Gasteiger partial charge is 0.165 e. The molecule has 0 radical (unpaired) electrons. The van der Waals surface area contributed by atoms with Crippen LogP contribution in [0.25, 0.3) is 16.8 Å². The molecule has 0 aliphatic rings. The summed E-state index contributed by atoms with van der Waals surface area (Å²) in [6.07, 6.45) is 1.85. The van der Waals surface area contributed by atoms with Crippen molar-refractivity contribution < 1.29 is 0 Å². The summed E-state index contributed by atoms with van der Waals surface area (Å²) < 4.78 is 1.83. The third-order valence-electron chi connectivity index (χ3n) is 3.87. The van der Waals surface area contributed by atoms with Crippen LogP contribution in [0.1, 0.15) is 5.69 Å². The third-order valence-corrected chi connectivity index (χ3v) is 3.87. The third kappa shape index (κ3) is 2.56. The van der Waals surface area contributed by atoms with E-state index in [1.807, 2.05) is 66.2 Å². The predicted octanol–water partition coefficient (Wildman–Crippen LogP) is 4.03. The van der Waals surface area contributed by atoms with Crippen molar-refractivity contribution in [3.8, 4) is 11.1 Å². The standard InChI is InChI=1S/C19H17N5/c1-13-11-18(23-16-9-7-15(20)8-10-16)24-19(22-13)17(12-21-24)14-5-3-2-4-6-14/h2-12,23H,20H2,1H3. The molecule has 3 N–H and O–H groups in total. The number of nitrogen functional groups attached to an aromatic ring is 1. The fourth-order valence-corrected chi connectivity index (χ4v) is 2.71. The molecule has 5 nitrogen and oxygen atoms in total. The van der Waals surface area contributed by atoms with Gasteiger partial charge in [0.05, 0.1) is 6.20 Å². The molecule has 0 saturated carbocycles. The van der Waals surface area contributed by atoms with Crippen LogP contribution in [0.15, 0.2) is 66.9 Å². The minimum Gasteiger partial charge on any atom is -0.399 e. The van der Waals surface area contributed by atoms with E-state index in [0.29, 0.717) is 0 Å². The lowest BCUT2D eigenvalue weighted by molar-refractivity contribution is 0.938. The maximum Gasteiger partial charge on any atom is 0.165 e. The first-order chi connectivity index (χ1) is 11.7. The Morgan fingerprint density at radius 3 is 2.50 bits per heavy atom. The molecule has 0 saturated heterocycles. The zero-order valence-electron chi connectivity index (χ0n) is 13.3. The highest BCUT2D eigenvalue weighted by atomic mass is 15.3. The molecule has 5 heteroatoms. The first-order valence-corrected chi connectivity index (χ1v) is 7.74. The van der Waals surface area contributed by atoms with Crippen molar-refractivity contribution in [1.82, 2.24) is 14.6 Å². The first kappa shape index (κ1) is 14.3. The lowest BCUT2D eigenvalue weighted by atomic mass is 10.1. The van der Waals surface area contributed by atoms with Gasteiger partial charge in [0, 0.05) is 28.7 Å². The molecule has 4 rings (SSSR count). The van der Waals surface area contributed by atoms with E-state index in [0.717, 1.165) is 39.7 Å². The van der Waals surface area contributed by atoms with Crippen LogP contribution < -0.4 is 11.1 Å². The summed E-state index contributed by atoms with van der Waals surface area (Å²) in [5.74, 6) is 0.865. The predicted molar refractivity (Wildman–Crippen MR) is 97.3 cm³/mol. The summed E-state index contributed by atoms with van der Waals surface area (Å²) in [7, 11) is 0. The number of fused-ring (bicyclic) bond motifs is 1. The van der Waals surface area contributed by atoms with Gasteiger partial charge in [0.2, 0.25) is 0 Å². The Bertz CT molecular complexity index is 988. The average Bonchev–Trinajstić information content (AvgIpc) is 3.01. The van der Waals surface area contributed by atoms with E-state index in [1.54, 1.807) is 0 Å². The van der Waals surface area contributed by atoms with Gasteiger partial charge < -0.3 is 11.1 Å². The monoisotopic (exact) mass is 315 g/mol. The number of hydrogen-bond donors (Lipinski definition) is 2. The molecule has 118 valence electrons. The number of nitrogens with zero attached hydrogens (tertiary/aromatic N) is 3. The Kier molecular flexibility index (Phi) is 3.39. The van der Waals surface area contributed by atoms with Gasteiger partial charge >= 0.3 is 0 Å². The lowest BCUT2D eigenvalue weighted by Gasteiger charge is -2.10. The van der Waals surface area contributed by atoms with Crippen molar-refractivity contribution >= 4 is 22.8 Å². The van der Waals surface area contributed by atoms with E-state index < -0.39 is 0 Å². The molecular formula is C19H17N5. The number of rotatable bonds is 3. The maximum atomic E-state index is 5.75. The largest absolute Gasteiger partial charge is 0.399 e. The molecule has 0 atom stereocenters. The summed E-state index contributed by atoms with van der Waals surface area (Å²) >= 11 is 0. The summed E-state index contributed by atoms with van der Waals surface area (Å²) in [6, 6.07) is 19.8. The molecule has 0 fully saturated rings. The fraction of sp³-hybridized carbons (Fsp3) is 0.0526. The van der Waals surface area contributed by atoms with Gasteiger partial charge in [-0.3, -0.25) is 0 Å². The van der Waals surface area contributed by atoms with Crippen LogP contribution in [0.4, 0.5) is 17.2 Å². The molecule has 2 heterocycles. The second-order valence-electron chi connectivity index (χ2n) is 5.69. The zero-order chi connectivity index (χ0) is 16.5. The second-order valence-corrected chi connectivity index (χ2v) is 5.69. The SMILES string of the molecule is Cc1cc(Nc2ccc(N)cc2)n2ncc(-c3ccccc3)c2n1. The Labute approximate surface area is 139 Å². The van der Waals surface area contributed by atoms with Crippen LogP contribution in [0, 0.1) is 6.92 Å². The zero-order valence-corrected chi connectivity index (χ0v) is 13.3. The number of nitrogens with one attached hydrogen (secondary N) is 1. The van der Waals surface area contributed by atoms with Gasteiger partial charge in [0.1, 0.15) is 5.82 Å². The van der Waals surface area contributed by atoms with Crippen LogP contribution >= 0.6 is 0 Å². The van der Waals surface area contributed by atoms with Crippen LogP contribution in [-0.4, -0.2) is 14.6 Å². The normalized spacial score (nSPS) is 10.9. The Hall–Kier alpha value is -3.34. The summed E-state index contributed by atoms with van der Waals surface area (Å²) in [4.78, 5) is 4.67. The highest BCUT2D eigenvalue weighted by molar-refractivity contribution is 5.78. The van der Waals surface area contributed by atoms with Gasteiger partial charge in [-0.15, -0.1) is 0 Å². The molecule has 24 heavy (non-hydrogen) atoms. The van der Waals surface area contributed by atoms with Crippen molar-refractivity contribution in [2.45, 2.75) is 6.92 Å². The van der Waals surface area contributed by atoms with Crippen LogP contribution in [0.2, 0.25) is 0 Å².